The van der Waals surface area contributed by atoms with E-state index in [2.05, 4.69) is 0 Å². The van der Waals surface area contributed by atoms with Gasteiger partial charge in [0.1, 0.15) is 0 Å². The van der Waals surface area contributed by atoms with Crippen molar-refractivity contribution in [1.82, 2.24) is 9.13 Å². The SMILES string of the molecule is Cn1c(=O)n(C(=O)C2CCC2)c2cc(N)ccc21. The highest BCUT2D eigenvalue weighted by Gasteiger charge is 2.29. The number of aryl methyl sites for hydroxylation is 1. The molecule has 0 atom stereocenters. The Balaban J connectivity index is 2.27. The minimum Gasteiger partial charge on any atom is -0.399 e. The van der Waals surface area contributed by atoms with Gasteiger partial charge in [-0.1, -0.05) is 6.42 Å². The zero-order valence-electron chi connectivity index (χ0n) is 10.2. The van der Waals surface area contributed by atoms with E-state index in [1.807, 2.05) is 0 Å². The fourth-order valence-electron chi connectivity index (χ4n) is 2.41. The lowest BCUT2D eigenvalue weighted by Crippen LogP contribution is -2.35. The molecule has 0 bridgehead atoms. The van der Waals surface area contributed by atoms with Crippen molar-refractivity contribution in [3.05, 3.63) is 28.7 Å². The minimum atomic E-state index is -0.285. The van der Waals surface area contributed by atoms with Crippen LogP contribution in [0.2, 0.25) is 0 Å². The smallest absolute Gasteiger partial charge is 0.335 e. The highest BCUT2D eigenvalue weighted by molar-refractivity contribution is 5.93. The lowest BCUT2D eigenvalue weighted by atomic mass is 9.85. The molecule has 0 spiro atoms. The molecule has 2 aromatic rings. The number of carbonyl (C=O) groups excluding carboxylic acids is 1. The Hall–Kier alpha value is -2.04. The number of hydrogen-bond donors (Lipinski definition) is 1. The fourth-order valence-corrected chi connectivity index (χ4v) is 2.41. The molecule has 0 radical (unpaired) electrons. The molecule has 5 nitrogen and oxygen atoms in total. The summed E-state index contributed by atoms with van der Waals surface area (Å²) >= 11 is 0. The molecule has 18 heavy (non-hydrogen) atoms. The van der Waals surface area contributed by atoms with Gasteiger partial charge >= 0.3 is 5.69 Å². The second-order valence-corrected chi connectivity index (χ2v) is 4.89. The van der Waals surface area contributed by atoms with Crippen molar-refractivity contribution in [2.75, 3.05) is 5.73 Å². The second-order valence-electron chi connectivity index (χ2n) is 4.89. The molecule has 0 amide bonds. The van der Waals surface area contributed by atoms with Crippen LogP contribution in [0, 0.1) is 5.92 Å². The summed E-state index contributed by atoms with van der Waals surface area (Å²) in [6.45, 7) is 0. The molecule has 3 rings (SSSR count). The molecule has 1 saturated carbocycles. The Bertz CT molecular complexity index is 692. The molecule has 1 aromatic heterocycles. The summed E-state index contributed by atoms with van der Waals surface area (Å²) in [4.78, 5) is 24.4. The summed E-state index contributed by atoms with van der Waals surface area (Å²) in [7, 11) is 1.67. The van der Waals surface area contributed by atoms with Gasteiger partial charge in [0.05, 0.1) is 11.0 Å². The van der Waals surface area contributed by atoms with Crippen molar-refractivity contribution < 1.29 is 4.79 Å². The molecule has 0 unspecified atom stereocenters. The number of anilines is 1. The van der Waals surface area contributed by atoms with Gasteiger partial charge in [0.2, 0.25) is 5.91 Å². The molecule has 1 aliphatic carbocycles. The monoisotopic (exact) mass is 245 g/mol. The Morgan fingerprint density at radius 3 is 2.67 bits per heavy atom. The van der Waals surface area contributed by atoms with Crippen molar-refractivity contribution in [3.8, 4) is 0 Å². The first-order chi connectivity index (χ1) is 8.59. The van der Waals surface area contributed by atoms with Crippen molar-refractivity contribution >= 4 is 22.6 Å². The van der Waals surface area contributed by atoms with Gasteiger partial charge in [-0.2, -0.15) is 0 Å². The highest BCUT2D eigenvalue weighted by Crippen LogP contribution is 2.28. The maximum absolute atomic E-state index is 12.3. The third-order valence-electron chi connectivity index (χ3n) is 3.75. The number of nitrogen functional groups attached to an aromatic ring is 1. The Labute approximate surface area is 104 Å². The van der Waals surface area contributed by atoms with Crippen LogP contribution in [0.3, 0.4) is 0 Å². The molecular weight excluding hydrogens is 230 g/mol. The molecule has 94 valence electrons. The van der Waals surface area contributed by atoms with Crippen LogP contribution in [0.4, 0.5) is 5.69 Å². The number of nitrogens with zero attached hydrogens (tertiary/aromatic N) is 2. The lowest BCUT2D eigenvalue weighted by molar-refractivity contribution is 0.0765. The number of imidazole rings is 1. The van der Waals surface area contributed by atoms with E-state index in [4.69, 9.17) is 5.73 Å². The quantitative estimate of drug-likeness (QED) is 0.771. The fraction of sp³-hybridized carbons (Fsp3) is 0.385. The van der Waals surface area contributed by atoms with Crippen LogP contribution in [0.1, 0.15) is 24.1 Å². The summed E-state index contributed by atoms with van der Waals surface area (Å²) in [5.41, 5.74) is 7.36. The molecule has 1 heterocycles. The predicted octanol–water partition coefficient (Wildman–Crippen LogP) is 1.36. The number of benzene rings is 1. The molecule has 2 N–H and O–H groups in total. The number of aromatic nitrogens is 2. The van der Waals surface area contributed by atoms with Gasteiger partial charge in [0.25, 0.3) is 0 Å². The topological polar surface area (TPSA) is 70.0 Å². The van der Waals surface area contributed by atoms with Crippen LogP contribution in [0.15, 0.2) is 23.0 Å². The average Bonchev–Trinajstić information content (AvgIpc) is 2.49. The Morgan fingerprint density at radius 2 is 2.06 bits per heavy atom. The first-order valence-electron chi connectivity index (χ1n) is 6.11. The third-order valence-corrected chi connectivity index (χ3v) is 3.75. The van der Waals surface area contributed by atoms with Crippen LogP contribution in [-0.2, 0) is 7.05 Å². The van der Waals surface area contributed by atoms with E-state index in [1.165, 1.54) is 9.13 Å². The normalized spacial score (nSPS) is 15.8. The minimum absolute atomic E-state index is 0.00488. The first-order valence-corrected chi connectivity index (χ1v) is 6.11. The largest absolute Gasteiger partial charge is 0.399 e. The van der Waals surface area contributed by atoms with Crippen molar-refractivity contribution in [2.24, 2.45) is 13.0 Å². The van der Waals surface area contributed by atoms with Crippen molar-refractivity contribution in [1.29, 1.82) is 0 Å². The molecular formula is C13H15N3O2. The van der Waals surface area contributed by atoms with Crippen LogP contribution in [0.5, 0.6) is 0 Å². The van der Waals surface area contributed by atoms with Crippen LogP contribution in [0.25, 0.3) is 11.0 Å². The van der Waals surface area contributed by atoms with E-state index in [9.17, 15) is 9.59 Å². The summed E-state index contributed by atoms with van der Waals surface area (Å²) in [5, 5.41) is 0. The van der Waals surface area contributed by atoms with E-state index >= 15 is 0 Å². The molecule has 0 saturated heterocycles. The van der Waals surface area contributed by atoms with Crippen molar-refractivity contribution in [3.63, 3.8) is 0 Å². The molecule has 1 aromatic carbocycles. The van der Waals surface area contributed by atoms with Gasteiger partial charge in [0, 0.05) is 18.7 Å². The second kappa shape index (κ2) is 3.73. The summed E-state index contributed by atoms with van der Waals surface area (Å²) in [6, 6.07) is 5.20. The summed E-state index contributed by atoms with van der Waals surface area (Å²) < 4.78 is 2.76. The first kappa shape index (κ1) is 11.1. The van der Waals surface area contributed by atoms with Crippen molar-refractivity contribution in [2.45, 2.75) is 19.3 Å². The number of fused-ring (bicyclic) bond motifs is 1. The standard InChI is InChI=1S/C13H15N3O2/c1-15-10-6-5-9(14)7-11(10)16(13(15)18)12(17)8-3-2-4-8/h5-8H,2-4,14H2,1H3. The molecule has 5 heteroatoms. The van der Waals surface area contributed by atoms with E-state index in [0.29, 0.717) is 11.2 Å². The number of carbonyl (C=O) groups is 1. The van der Waals surface area contributed by atoms with E-state index in [0.717, 1.165) is 24.8 Å². The van der Waals surface area contributed by atoms with Crippen LogP contribution < -0.4 is 11.4 Å². The van der Waals surface area contributed by atoms with Gasteiger partial charge in [-0.25, -0.2) is 9.36 Å². The van der Waals surface area contributed by atoms with Gasteiger partial charge in [0.15, 0.2) is 0 Å². The van der Waals surface area contributed by atoms with E-state index in [1.54, 1.807) is 25.2 Å². The van der Waals surface area contributed by atoms with Crippen LogP contribution in [-0.4, -0.2) is 15.0 Å². The highest BCUT2D eigenvalue weighted by atomic mass is 16.2. The predicted molar refractivity (Wildman–Crippen MR) is 69.6 cm³/mol. The number of nitrogens with two attached hydrogens (primary N) is 1. The maximum Gasteiger partial charge on any atom is 0.335 e. The number of hydrogen-bond acceptors (Lipinski definition) is 3. The summed E-state index contributed by atoms with van der Waals surface area (Å²) in [5.74, 6) is -0.0998. The van der Waals surface area contributed by atoms with Gasteiger partial charge < -0.3 is 5.73 Å². The molecule has 0 aliphatic heterocycles. The zero-order valence-corrected chi connectivity index (χ0v) is 10.2. The third kappa shape index (κ3) is 1.40. The van der Waals surface area contributed by atoms with Gasteiger partial charge in [-0.3, -0.25) is 9.36 Å². The summed E-state index contributed by atoms with van der Waals surface area (Å²) in [6.07, 6.45) is 2.83. The number of rotatable bonds is 1. The average molecular weight is 245 g/mol. The van der Waals surface area contributed by atoms with Gasteiger partial charge in [-0.05, 0) is 31.0 Å². The van der Waals surface area contributed by atoms with Gasteiger partial charge in [-0.15, -0.1) is 0 Å². The van der Waals surface area contributed by atoms with Crippen LogP contribution >= 0.6 is 0 Å². The van der Waals surface area contributed by atoms with E-state index < -0.39 is 0 Å². The Morgan fingerprint density at radius 1 is 1.33 bits per heavy atom. The Kier molecular flexibility index (Phi) is 2.29. The molecule has 1 aliphatic rings. The zero-order chi connectivity index (χ0) is 12.9. The van der Waals surface area contributed by atoms with E-state index in [-0.39, 0.29) is 17.5 Å². The maximum atomic E-state index is 12.3. The molecule has 1 fully saturated rings. The lowest BCUT2D eigenvalue weighted by Gasteiger charge is -2.23.